The van der Waals surface area contributed by atoms with Crippen LogP contribution in [0, 0.1) is 6.92 Å². The SMILES string of the molecule is Cc1ccc2nc(N(CCCn3ccnc3)C(=O)C3Oc4ccccc4OC3C)sc2c1. The van der Waals surface area contributed by atoms with Crippen molar-refractivity contribution in [2.24, 2.45) is 0 Å². The summed E-state index contributed by atoms with van der Waals surface area (Å²) in [5.41, 5.74) is 2.06. The van der Waals surface area contributed by atoms with Crippen molar-refractivity contribution in [3.8, 4) is 11.5 Å². The Balaban J connectivity index is 1.43. The Labute approximate surface area is 190 Å². The molecule has 0 spiro atoms. The van der Waals surface area contributed by atoms with Crippen molar-refractivity contribution in [2.75, 3.05) is 11.4 Å². The zero-order valence-electron chi connectivity index (χ0n) is 18.0. The first-order valence-corrected chi connectivity index (χ1v) is 11.5. The summed E-state index contributed by atoms with van der Waals surface area (Å²) < 4.78 is 15.2. The fourth-order valence-corrected chi connectivity index (χ4v) is 4.91. The van der Waals surface area contributed by atoms with Crippen molar-refractivity contribution in [2.45, 2.75) is 39.0 Å². The first-order valence-electron chi connectivity index (χ1n) is 10.6. The molecule has 0 saturated carbocycles. The second kappa shape index (κ2) is 8.63. The molecule has 1 aliphatic rings. The summed E-state index contributed by atoms with van der Waals surface area (Å²) in [7, 11) is 0. The average Bonchev–Trinajstić information content (AvgIpc) is 3.45. The summed E-state index contributed by atoms with van der Waals surface area (Å²) in [6.45, 7) is 5.20. The van der Waals surface area contributed by atoms with Crippen LogP contribution in [0.5, 0.6) is 11.5 Å². The lowest BCUT2D eigenvalue weighted by atomic mass is 10.1. The minimum absolute atomic E-state index is 0.145. The van der Waals surface area contributed by atoms with E-state index in [1.54, 1.807) is 17.4 Å². The molecule has 7 nitrogen and oxygen atoms in total. The van der Waals surface area contributed by atoms with Crippen molar-refractivity contribution in [1.29, 1.82) is 0 Å². The molecule has 3 heterocycles. The van der Waals surface area contributed by atoms with Gasteiger partial charge in [-0.1, -0.05) is 29.5 Å². The first kappa shape index (κ1) is 20.5. The zero-order valence-corrected chi connectivity index (χ0v) is 18.8. The number of amides is 1. The molecule has 2 aromatic carbocycles. The van der Waals surface area contributed by atoms with Crippen LogP contribution in [0.15, 0.2) is 61.2 Å². The van der Waals surface area contributed by atoms with Gasteiger partial charge >= 0.3 is 0 Å². The summed E-state index contributed by atoms with van der Waals surface area (Å²) in [6.07, 6.45) is 5.06. The predicted octanol–water partition coefficient (Wildman–Crippen LogP) is 4.45. The van der Waals surface area contributed by atoms with Crippen LogP contribution in [0.3, 0.4) is 0 Å². The van der Waals surface area contributed by atoms with Gasteiger partial charge in [-0.2, -0.15) is 0 Å². The Kier molecular flexibility index (Phi) is 5.53. The fourth-order valence-electron chi connectivity index (χ4n) is 3.81. The predicted molar refractivity (Wildman–Crippen MR) is 125 cm³/mol. The van der Waals surface area contributed by atoms with E-state index in [0.717, 1.165) is 23.2 Å². The number of ether oxygens (including phenoxy) is 2. The first-order chi connectivity index (χ1) is 15.6. The summed E-state index contributed by atoms with van der Waals surface area (Å²) in [5.74, 6) is 1.10. The van der Waals surface area contributed by atoms with Gasteiger partial charge in [0, 0.05) is 25.5 Å². The second-order valence-electron chi connectivity index (χ2n) is 7.92. The van der Waals surface area contributed by atoms with Gasteiger partial charge in [0.25, 0.3) is 5.91 Å². The van der Waals surface area contributed by atoms with Crippen LogP contribution in [0.2, 0.25) is 0 Å². The maximum Gasteiger partial charge on any atom is 0.273 e. The van der Waals surface area contributed by atoms with E-state index in [4.69, 9.17) is 14.5 Å². The molecule has 0 bridgehead atoms. The minimum atomic E-state index is -0.744. The molecule has 1 aliphatic heterocycles. The number of hydrogen-bond acceptors (Lipinski definition) is 6. The summed E-state index contributed by atoms with van der Waals surface area (Å²) in [5, 5.41) is 0.677. The normalized spacial score (nSPS) is 17.4. The van der Waals surface area contributed by atoms with Crippen LogP contribution in [0.1, 0.15) is 18.9 Å². The van der Waals surface area contributed by atoms with Crippen LogP contribution < -0.4 is 14.4 Å². The van der Waals surface area contributed by atoms with E-state index in [0.29, 0.717) is 23.2 Å². The van der Waals surface area contributed by atoms with Gasteiger partial charge < -0.3 is 14.0 Å². The van der Waals surface area contributed by atoms with Gasteiger partial charge in [0.2, 0.25) is 6.10 Å². The highest BCUT2D eigenvalue weighted by molar-refractivity contribution is 7.22. The molecule has 2 unspecified atom stereocenters. The average molecular weight is 449 g/mol. The standard InChI is InChI=1S/C24H24N4O3S/c1-16-8-9-18-21(14-16)32-24(26-18)28(12-5-11-27-13-10-25-15-27)23(29)22-17(2)30-19-6-3-4-7-20(19)31-22/h3-4,6-10,13-15,17,22H,5,11-12H2,1-2H3. The van der Waals surface area contributed by atoms with Crippen molar-refractivity contribution in [3.63, 3.8) is 0 Å². The van der Waals surface area contributed by atoms with E-state index in [1.165, 1.54) is 16.9 Å². The van der Waals surface area contributed by atoms with E-state index in [9.17, 15) is 4.79 Å². The molecule has 0 N–H and O–H groups in total. The number of rotatable bonds is 6. The van der Waals surface area contributed by atoms with Gasteiger partial charge in [-0.3, -0.25) is 9.69 Å². The van der Waals surface area contributed by atoms with Crippen molar-refractivity contribution < 1.29 is 14.3 Å². The van der Waals surface area contributed by atoms with E-state index < -0.39 is 12.2 Å². The molecule has 0 radical (unpaired) electrons. The van der Waals surface area contributed by atoms with E-state index in [1.807, 2.05) is 54.1 Å². The Hall–Kier alpha value is -3.39. The van der Waals surface area contributed by atoms with E-state index in [2.05, 4.69) is 18.0 Å². The lowest BCUT2D eigenvalue weighted by molar-refractivity contribution is -0.130. The maximum absolute atomic E-state index is 13.7. The van der Waals surface area contributed by atoms with Gasteiger partial charge in [-0.15, -0.1) is 0 Å². The molecule has 32 heavy (non-hydrogen) atoms. The molecule has 164 valence electrons. The number of fused-ring (bicyclic) bond motifs is 2. The highest BCUT2D eigenvalue weighted by atomic mass is 32.1. The lowest BCUT2D eigenvalue weighted by Gasteiger charge is -2.33. The monoisotopic (exact) mass is 448 g/mol. The highest BCUT2D eigenvalue weighted by Gasteiger charge is 2.38. The molecule has 0 aliphatic carbocycles. The number of carbonyl (C=O) groups is 1. The number of hydrogen-bond donors (Lipinski definition) is 0. The van der Waals surface area contributed by atoms with Gasteiger partial charge in [0.15, 0.2) is 16.6 Å². The number of para-hydroxylation sites is 2. The summed E-state index contributed by atoms with van der Waals surface area (Å²) in [6, 6.07) is 13.6. The van der Waals surface area contributed by atoms with Gasteiger partial charge in [0.05, 0.1) is 16.5 Å². The largest absolute Gasteiger partial charge is 0.482 e. The van der Waals surface area contributed by atoms with Crippen LogP contribution in [0.4, 0.5) is 5.13 Å². The van der Waals surface area contributed by atoms with Crippen LogP contribution >= 0.6 is 11.3 Å². The number of thiazole rings is 1. The summed E-state index contributed by atoms with van der Waals surface area (Å²) >= 11 is 1.53. The number of benzene rings is 2. The molecule has 0 fully saturated rings. The van der Waals surface area contributed by atoms with E-state index in [-0.39, 0.29) is 5.91 Å². The molecule has 5 rings (SSSR count). The van der Waals surface area contributed by atoms with Crippen LogP contribution in [-0.4, -0.2) is 39.2 Å². The van der Waals surface area contributed by atoms with Crippen LogP contribution in [0.25, 0.3) is 10.2 Å². The van der Waals surface area contributed by atoms with Crippen molar-refractivity contribution >= 4 is 32.6 Å². The molecular formula is C24H24N4O3S. The number of aromatic nitrogens is 3. The van der Waals surface area contributed by atoms with Crippen molar-refractivity contribution in [1.82, 2.24) is 14.5 Å². The molecule has 2 atom stereocenters. The zero-order chi connectivity index (χ0) is 22.1. The van der Waals surface area contributed by atoms with Gasteiger partial charge in [-0.05, 0) is 50.1 Å². The van der Waals surface area contributed by atoms with Gasteiger partial charge in [0.1, 0.15) is 6.10 Å². The van der Waals surface area contributed by atoms with Gasteiger partial charge in [-0.25, -0.2) is 9.97 Å². The maximum atomic E-state index is 13.7. The molecule has 1 amide bonds. The number of imidazole rings is 1. The molecule has 8 heteroatoms. The molecule has 2 aromatic heterocycles. The molecular weight excluding hydrogens is 424 g/mol. The van der Waals surface area contributed by atoms with E-state index >= 15 is 0 Å². The Morgan fingerprint density at radius 2 is 2.00 bits per heavy atom. The fraction of sp³-hybridized carbons (Fsp3) is 0.292. The Bertz CT molecular complexity index is 1240. The molecule has 0 saturated heterocycles. The lowest BCUT2D eigenvalue weighted by Crippen LogP contribution is -2.51. The minimum Gasteiger partial charge on any atom is -0.482 e. The molecule has 4 aromatic rings. The highest BCUT2D eigenvalue weighted by Crippen LogP contribution is 2.35. The second-order valence-corrected chi connectivity index (χ2v) is 8.93. The topological polar surface area (TPSA) is 69.5 Å². The number of aryl methyl sites for hydroxylation is 2. The Morgan fingerprint density at radius 1 is 1.19 bits per heavy atom. The number of nitrogens with zero attached hydrogens (tertiary/aromatic N) is 4. The van der Waals surface area contributed by atoms with Crippen molar-refractivity contribution in [3.05, 3.63) is 66.7 Å². The van der Waals surface area contributed by atoms with Crippen LogP contribution in [-0.2, 0) is 11.3 Å². The summed E-state index contributed by atoms with van der Waals surface area (Å²) in [4.78, 5) is 24.3. The smallest absolute Gasteiger partial charge is 0.273 e. The Morgan fingerprint density at radius 3 is 2.78 bits per heavy atom. The quantitative estimate of drug-likeness (QED) is 0.436. The third-order valence-electron chi connectivity index (χ3n) is 5.47. The third-order valence-corrected chi connectivity index (χ3v) is 6.51. The number of carbonyl (C=O) groups excluding carboxylic acids is 1. The third kappa shape index (κ3) is 4.05. The number of anilines is 1.